The minimum atomic E-state index is -0.928. The number of anilines is 1. The Hall–Kier alpha value is -2.60. The van der Waals surface area contributed by atoms with Gasteiger partial charge in [0.25, 0.3) is 5.91 Å². The molecule has 0 spiro atoms. The summed E-state index contributed by atoms with van der Waals surface area (Å²) in [5.74, 6) is -0.390. The molecular formula is C19H18BrNO4. The van der Waals surface area contributed by atoms with Gasteiger partial charge in [-0.2, -0.15) is 0 Å². The first-order chi connectivity index (χ1) is 12.0. The lowest BCUT2D eigenvalue weighted by Gasteiger charge is -2.13. The van der Waals surface area contributed by atoms with E-state index in [0.29, 0.717) is 11.4 Å². The van der Waals surface area contributed by atoms with Crippen molar-refractivity contribution in [2.24, 2.45) is 0 Å². The fourth-order valence-corrected chi connectivity index (χ4v) is 2.40. The highest BCUT2D eigenvalue weighted by molar-refractivity contribution is 9.10. The van der Waals surface area contributed by atoms with Crippen molar-refractivity contribution in [1.82, 2.24) is 0 Å². The summed E-state index contributed by atoms with van der Waals surface area (Å²) in [5.41, 5.74) is 1.41. The van der Waals surface area contributed by atoms with Gasteiger partial charge < -0.3 is 14.8 Å². The molecule has 6 heteroatoms. The maximum atomic E-state index is 12.1. The summed E-state index contributed by atoms with van der Waals surface area (Å²) in [6.45, 7) is 1.51. The topological polar surface area (TPSA) is 64.6 Å². The summed E-state index contributed by atoms with van der Waals surface area (Å²) in [5, 5.41) is 2.68. The molecule has 0 aliphatic rings. The monoisotopic (exact) mass is 403 g/mol. The van der Waals surface area contributed by atoms with Gasteiger partial charge in [0, 0.05) is 22.3 Å². The predicted molar refractivity (Wildman–Crippen MR) is 100 cm³/mol. The Morgan fingerprint density at radius 1 is 1.16 bits per heavy atom. The van der Waals surface area contributed by atoms with E-state index in [-0.39, 0.29) is 0 Å². The van der Waals surface area contributed by atoms with E-state index in [4.69, 9.17) is 9.47 Å². The molecule has 0 aromatic heterocycles. The SMILES string of the molecule is COc1cccc(NC(=O)[C@@H](C)OC(=O)/C=C/c2ccccc2Br)c1. The van der Waals surface area contributed by atoms with Crippen LogP contribution < -0.4 is 10.1 Å². The van der Waals surface area contributed by atoms with Crippen molar-refractivity contribution in [3.63, 3.8) is 0 Å². The quantitative estimate of drug-likeness (QED) is 0.583. The minimum absolute atomic E-state index is 0.420. The van der Waals surface area contributed by atoms with Crippen molar-refractivity contribution in [3.8, 4) is 5.75 Å². The Morgan fingerprint density at radius 3 is 2.64 bits per heavy atom. The normalized spacial score (nSPS) is 11.8. The van der Waals surface area contributed by atoms with Crippen molar-refractivity contribution in [1.29, 1.82) is 0 Å². The van der Waals surface area contributed by atoms with Gasteiger partial charge in [-0.25, -0.2) is 4.79 Å². The van der Waals surface area contributed by atoms with Crippen molar-refractivity contribution < 1.29 is 19.1 Å². The number of hydrogen-bond donors (Lipinski definition) is 1. The molecule has 0 heterocycles. The summed E-state index contributed by atoms with van der Waals surface area (Å²) >= 11 is 3.39. The van der Waals surface area contributed by atoms with E-state index in [1.807, 2.05) is 24.3 Å². The summed E-state index contributed by atoms with van der Waals surface area (Å²) in [6.07, 6.45) is 1.98. The van der Waals surface area contributed by atoms with E-state index in [1.54, 1.807) is 37.5 Å². The van der Waals surface area contributed by atoms with Gasteiger partial charge >= 0.3 is 5.97 Å². The molecule has 5 nitrogen and oxygen atoms in total. The number of benzene rings is 2. The molecule has 1 N–H and O–H groups in total. The second-order valence-electron chi connectivity index (χ2n) is 5.16. The molecule has 0 radical (unpaired) electrons. The molecule has 0 bridgehead atoms. The lowest BCUT2D eigenvalue weighted by Crippen LogP contribution is -2.29. The number of carbonyl (C=O) groups is 2. The largest absolute Gasteiger partial charge is 0.497 e. The Labute approximate surface area is 154 Å². The molecule has 2 rings (SSSR count). The first-order valence-electron chi connectivity index (χ1n) is 7.57. The van der Waals surface area contributed by atoms with Crippen LogP contribution in [0, 0.1) is 0 Å². The van der Waals surface area contributed by atoms with Crippen molar-refractivity contribution in [2.45, 2.75) is 13.0 Å². The van der Waals surface area contributed by atoms with E-state index in [1.165, 1.54) is 13.0 Å². The average molecular weight is 404 g/mol. The number of hydrogen-bond acceptors (Lipinski definition) is 4. The van der Waals surface area contributed by atoms with Gasteiger partial charge in [0.05, 0.1) is 7.11 Å². The van der Waals surface area contributed by atoms with Gasteiger partial charge in [-0.1, -0.05) is 40.2 Å². The van der Waals surface area contributed by atoms with Crippen LogP contribution in [0.2, 0.25) is 0 Å². The highest BCUT2D eigenvalue weighted by Gasteiger charge is 2.16. The first-order valence-corrected chi connectivity index (χ1v) is 8.37. The number of ether oxygens (including phenoxy) is 2. The summed E-state index contributed by atoms with van der Waals surface area (Å²) < 4.78 is 11.1. The van der Waals surface area contributed by atoms with Crippen LogP contribution in [0.15, 0.2) is 59.1 Å². The van der Waals surface area contributed by atoms with Crippen LogP contribution in [-0.2, 0) is 14.3 Å². The van der Waals surface area contributed by atoms with Crippen LogP contribution in [0.1, 0.15) is 12.5 Å². The molecule has 25 heavy (non-hydrogen) atoms. The second kappa shape index (κ2) is 9.03. The number of carbonyl (C=O) groups excluding carboxylic acids is 2. The zero-order valence-corrected chi connectivity index (χ0v) is 15.4. The number of methoxy groups -OCH3 is 1. The third-order valence-electron chi connectivity index (χ3n) is 3.30. The fraction of sp³-hybridized carbons (Fsp3) is 0.158. The molecule has 1 amide bonds. The van der Waals surface area contributed by atoms with E-state index >= 15 is 0 Å². The van der Waals surface area contributed by atoms with E-state index in [0.717, 1.165) is 10.0 Å². The predicted octanol–water partition coefficient (Wildman–Crippen LogP) is 4.04. The van der Waals surface area contributed by atoms with Crippen LogP contribution >= 0.6 is 15.9 Å². The maximum absolute atomic E-state index is 12.1. The summed E-state index contributed by atoms with van der Waals surface area (Å²) in [4.78, 5) is 24.0. The van der Waals surface area contributed by atoms with Crippen molar-refractivity contribution >= 4 is 39.6 Å². The first kappa shape index (κ1) is 18.7. The zero-order valence-electron chi connectivity index (χ0n) is 13.9. The molecule has 0 aliphatic heterocycles. The second-order valence-corrected chi connectivity index (χ2v) is 6.01. The minimum Gasteiger partial charge on any atom is -0.497 e. The van der Waals surface area contributed by atoms with E-state index < -0.39 is 18.0 Å². The molecule has 130 valence electrons. The van der Waals surface area contributed by atoms with Gasteiger partial charge in [0.1, 0.15) is 5.75 Å². The molecule has 1 atom stereocenters. The molecule has 0 fully saturated rings. The number of amides is 1. The molecule has 0 saturated heterocycles. The molecule has 2 aromatic carbocycles. The number of rotatable bonds is 6. The Balaban J connectivity index is 1.91. The lowest BCUT2D eigenvalue weighted by molar-refractivity contribution is -0.148. The molecular weight excluding hydrogens is 386 g/mol. The molecule has 2 aromatic rings. The van der Waals surface area contributed by atoms with Crippen LogP contribution in [0.5, 0.6) is 5.75 Å². The van der Waals surface area contributed by atoms with Gasteiger partial charge in [0.2, 0.25) is 0 Å². The van der Waals surface area contributed by atoms with Crippen molar-refractivity contribution in [3.05, 3.63) is 64.6 Å². The van der Waals surface area contributed by atoms with E-state index in [2.05, 4.69) is 21.2 Å². The molecule has 0 saturated carbocycles. The number of esters is 1. The number of halogens is 1. The highest BCUT2D eigenvalue weighted by atomic mass is 79.9. The fourth-order valence-electron chi connectivity index (χ4n) is 1.98. The summed E-state index contributed by atoms with van der Waals surface area (Å²) in [7, 11) is 1.54. The Bertz CT molecular complexity index is 788. The molecule has 0 aliphatic carbocycles. The van der Waals surface area contributed by atoms with E-state index in [9.17, 15) is 9.59 Å². The van der Waals surface area contributed by atoms with Gasteiger partial charge in [-0.15, -0.1) is 0 Å². The van der Waals surface area contributed by atoms with Crippen molar-refractivity contribution in [2.75, 3.05) is 12.4 Å². The smallest absolute Gasteiger partial charge is 0.331 e. The van der Waals surface area contributed by atoms with Crippen LogP contribution in [0.25, 0.3) is 6.08 Å². The Kier molecular flexibility index (Phi) is 6.77. The zero-order chi connectivity index (χ0) is 18.2. The lowest BCUT2D eigenvalue weighted by atomic mass is 10.2. The average Bonchev–Trinajstić information content (AvgIpc) is 2.61. The third kappa shape index (κ3) is 5.76. The highest BCUT2D eigenvalue weighted by Crippen LogP contribution is 2.18. The molecule has 0 unspecified atom stereocenters. The van der Waals surface area contributed by atoms with Crippen LogP contribution in [-0.4, -0.2) is 25.1 Å². The maximum Gasteiger partial charge on any atom is 0.331 e. The third-order valence-corrected chi connectivity index (χ3v) is 4.03. The standard InChI is InChI=1S/C19H18BrNO4/c1-13(19(23)21-15-7-5-8-16(12-15)24-2)25-18(22)11-10-14-6-3-4-9-17(14)20/h3-13H,1-2H3,(H,21,23)/b11-10+/t13-/m1/s1. The summed E-state index contributed by atoms with van der Waals surface area (Å²) in [6, 6.07) is 14.4. The van der Waals surface area contributed by atoms with Crippen LogP contribution in [0.3, 0.4) is 0 Å². The number of nitrogens with one attached hydrogen (secondary N) is 1. The van der Waals surface area contributed by atoms with Gasteiger partial charge in [0.15, 0.2) is 6.10 Å². The van der Waals surface area contributed by atoms with Crippen LogP contribution in [0.4, 0.5) is 5.69 Å². The van der Waals surface area contributed by atoms with Gasteiger partial charge in [-0.05, 0) is 36.8 Å². The van der Waals surface area contributed by atoms with Gasteiger partial charge in [-0.3, -0.25) is 4.79 Å². The Morgan fingerprint density at radius 2 is 1.92 bits per heavy atom.